The predicted octanol–water partition coefficient (Wildman–Crippen LogP) is 5.33. The third-order valence-electron chi connectivity index (χ3n) is 5.14. The zero-order chi connectivity index (χ0) is 21.6. The standard InChI is InChI=1S/C24H29NO4/c1-15(2)13-17-5-11-20(12-6-17)23(24(28)25-29)22(16(3)4)19-9-7-18(8-10-19)14-21(26)27/h5-12,15-16,22-23H,13-14H2,1-4H3,(H,26,27)/t22-,23?/m1/s1. The Kier molecular flexibility index (Phi) is 7.82. The van der Waals surface area contributed by atoms with Gasteiger partial charge in [0.05, 0.1) is 12.3 Å². The Hall–Kier alpha value is -2.82. The molecule has 0 spiro atoms. The summed E-state index contributed by atoms with van der Waals surface area (Å²) in [4.78, 5) is 34.7. The molecule has 1 N–H and O–H groups in total. The SMILES string of the molecule is CC(C)Cc1ccc(C(C(=O)N=O)[C@@H](c2ccc(CC(=O)O)cc2)C(C)C)cc1. The summed E-state index contributed by atoms with van der Waals surface area (Å²) in [6.45, 7) is 8.32. The van der Waals surface area contributed by atoms with Gasteiger partial charge in [0.15, 0.2) is 0 Å². The third-order valence-corrected chi connectivity index (χ3v) is 5.14. The molecule has 0 saturated heterocycles. The third kappa shape index (κ3) is 6.08. The summed E-state index contributed by atoms with van der Waals surface area (Å²) in [5.41, 5.74) is 3.55. The van der Waals surface area contributed by atoms with Crippen LogP contribution in [0.4, 0.5) is 0 Å². The maximum absolute atomic E-state index is 12.5. The second-order valence-corrected chi connectivity index (χ2v) is 8.33. The number of carboxylic acid groups (broad SMARTS) is 1. The van der Waals surface area contributed by atoms with Gasteiger partial charge in [-0.2, -0.15) is 0 Å². The largest absolute Gasteiger partial charge is 0.481 e. The summed E-state index contributed by atoms with van der Waals surface area (Å²) >= 11 is 0. The highest BCUT2D eigenvalue weighted by atomic mass is 16.4. The molecule has 0 heterocycles. The highest BCUT2D eigenvalue weighted by Gasteiger charge is 2.34. The Bertz CT molecular complexity index is 838. The molecule has 0 saturated carbocycles. The van der Waals surface area contributed by atoms with Crippen LogP contribution < -0.4 is 0 Å². The van der Waals surface area contributed by atoms with Crippen LogP contribution in [0.25, 0.3) is 0 Å². The lowest BCUT2D eigenvalue weighted by molar-refractivity contribution is -0.136. The molecule has 5 heteroatoms. The fraction of sp³-hybridized carbons (Fsp3) is 0.417. The minimum atomic E-state index is -0.891. The molecule has 0 aromatic heterocycles. The first-order valence-electron chi connectivity index (χ1n) is 9.99. The Morgan fingerprint density at radius 3 is 1.83 bits per heavy atom. The van der Waals surface area contributed by atoms with E-state index in [-0.39, 0.29) is 18.3 Å². The number of hydrogen-bond donors (Lipinski definition) is 1. The van der Waals surface area contributed by atoms with E-state index in [4.69, 9.17) is 5.11 Å². The van der Waals surface area contributed by atoms with Crippen molar-refractivity contribution in [2.24, 2.45) is 17.0 Å². The van der Waals surface area contributed by atoms with Crippen molar-refractivity contribution in [3.8, 4) is 0 Å². The van der Waals surface area contributed by atoms with Gasteiger partial charge >= 0.3 is 5.97 Å². The Morgan fingerprint density at radius 2 is 1.38 bits per heavy atom. The molecule has 2 rings (SSSR count). The molecular weight excluding hydrogens is 366 g/mol. The number of nitrogens with zero attached hydrogens (tertiary/aromatic N) is 1. The lowest BCUT2D eigenvalue weighted by Crippen LogP contribution is -2.23. The van der Waals surface area contributed by atoms with Gasteiger partial charge in [-0.15, -0.1) is 4.91 Å². The topological polar surface area (TPSA) is 83.8 Å². The van der Waals surface area contributed by atoms with Crippen LogP contribution in [0.5, 0.6) is 0 Å². The van der Waals surface area contributed by atoms with Crippen LogP contribution in [-0.4, -0.2) is 17.0 Å². The number of carbonyl (C=O) groups is 2. The lowest BCUT2D eigenvalue weighted by Gasteiger charge is -2.28. The van der Waals surface area contributed by atoms with Crippen LogP contribution in [0.15, 0.2) is 53.7 Å². The second kappa shape index (κ2) is 10.1. The maximum atomic E-state index is 12.5. The molecule has 5 nitrogen and oxygen atoms in total. The molecule has 0 bridgehead atoms. The molecule has 29 heavy (non-hydrogen) atoms. The van der Waals surface area contributed by atoms with Crippen LogP contribution in [0.1, 0.15) is 61.8 Å². The molecule has 0 fully saturated rings. The Morgan fingerprint density at radius 1 is 0.862 bits per heavy atom. The first-order valence-corrected chi connectivity index (χ1v) is 9.99. The molecule has 0 aliphatic carbocycles. The van der Waals surface area contributed by atoms with Gasteiger partial charge in [0.1, 0.15) is 0 Å². The van der Waals surface area contributed by atoms with Crippen LogP contribution >= 0.6 is 0 Å². The number of amides is 1. The summed E-state index contributed by atoms with van der Waals surface area (Å²) in [5, 5.41) is 11.7. The molecule has 154 valence electrons. The van der Waals surface area contributed by atoms with Gasteiger partial charge in [0, 0.05) is 11.1 Å². The summed E-state index contributed by atoms with van der Waals surface area (Å²) in [7, 11) is 0. The highest BCUT2D eigenvalue weighted by Crippen LogP contribution is 2.40. The van der Waals surface area contributed by atoms with Gasteiger partial charge in [0.25, 0.3) is 5.91 Å². The highest BCUT2D eigenvalue weighted by molar-refractivity contribution is 5.85. The van der Waals surface area contributed by atoms with E-state index in [2.05, 4.69) is 19.0 Å². The van der Waals surface area contributed by atoms with Crippen molar-refractivity contribution in [3.05, 3.63) is 75.7 Å². The zero-order valence-corrected chi connectivity index (χ0v) is 17.5. The monoisotopic (exact) mass is 395 g/mol. The van der Waals surface area contributed by atoms with Gasteiger partial charge in [-0.1, -0.05) is 76.2 Å². The minimum Gasteiger partial charge on any atom is -0.481 e. The van der Waals surface area contributed by atoms with Crippen molar-refractivity contribution in [3.63, 3.8) is 0 Å². The zero-order valence-electron chi connectivity index (χ0n) is 17.5. The van der Waals surface area contributed by atoms with Crippen molar-refractivity contribution in [2.45, 2.75) is 52.4 Å². The van der Waals surface area contributed by atoms with Crippen LogP contribution in [0, 0.1) is 16.7 Å². The molecule has 0 radical (unpaired) electrons. The smallest absolute Gasteiger partial charge is 0.307 e. The quantitative estimate of drug-likeness (QED) is 0.582. The van der Waals surface area contributed by atoms with Gasteiger partial charge in [0.2, 0.25) is 0 Å². The molecule has 0 aliphatic rings. The molecule has 2 aromatic carbocycles. The maximum Gasteiger partial charge on any atom is 0.307 e. The van der Waals surface area contributed by atoms with Crippen molar-refractivity contribution in [1.29, 1.82) is 0 Å². The van der Waals surface area contributed by atoms with E-state index in [1.807, 2.05) is 50.2 Å². The average Bonchev–Trinajstić information content (AvgIpc) is 2.66. The van der Waals surface area contributed by atoms with Gasteiger partial charge < -0.3 is 5.11 Å². The van der Waals surface area contributed by atoms with E-state index in [9.17, 15) is 14.5 Å². The lowest BCUT2D eigenvalue weighted by atomic mass is 9.74. The molecular formula is C24H29NO4. The fourth-order valence-electron chi connectivity index (χ4n) is 3.89. The van der Waals surface area contributed by atoms with Gasteiger partial charge in [-0.05, 0) is 40.5 Å². The minimum absolute atomic E-state index is 0.0534. The van der Waals surface area contributed by atoms with Gasteiger partial charge in [-0.3, -0.25) is 9.59 Å². The van der Waals surface area contributed by atoms with E-state index in [1.54, 1.807) is 12.1 Å². The van der Waals surface area contributed by atoms with E-state index in [0.29, 0.717) is 11.5 Å². The van der Waals surface area contributed by atoms with Crippen molar-refractivity contribution < 1.29 is 14.7 Å². The number of nitroso groups, excluding NO2 is 1. The van der Waals surface area contributed by atoms with Crippen molar-refractivity contribution >= 4 is 11.9 Å². The van der Waals surface area contributed by atoms with Crippen LogP contribution in [0.3, 0.4) is 0 Å². The molecule has 2 aromatic rings. The molecule has 2 atom stereocenters. The fourth-order valence-corrected chi connectivity index (χ4v) is 3.89. The van der Waals surface area contributed by atoms with E-state index in [1.165, 1.54) is 5.56 Å². The molecule has 0 aliphatic heterocycles. The number of aliphatic carboxylic acids is 1. The van der Waals surface area contributed by atoms with Gasteiger partial charge in [-0.25, -0.2) is 0 Å². The summed E-state index contributed by atoms with van der Waals surface area (Å²) in [6.07, 6.45) is 0.895. The number of rotatable bonds is 9. The second-order valence-electron chi connectivity index (χ2n) is 8.33. The number of carbonyl (C=O) groups excluding carboxylic acids is 1. The van der Waals surface area contributed by atoms with E-state index in [0.717, 1.165) is 17.5 Å². The van der Waals surface area contributed by atoms with E-state index >= 15 is 0 Å². The Balaban J connectivity index is 2.42. The molecule has 1 unspecified atom stereocenters. The van der Waals surface area contributed by atoms with Crippen molar-refractivity contribution in [1.82, 2.24) is 0 Å². The predicted molar refractivity (Wildman–Crippen MR) is 114 cm³/mol. The average molecular weight is 395 g/mol. The number of hydrogen-bond acceptors (Lipinski definition) is 3. The number of carboxylic acids is 1. The summed E-state index contributed by atoms with van der Waals surface area (Å²) in [6, 6.07) is 15.1. The van der Waals surface area contributed by atoms with Crippen LogP contribution in [0.2, 0.25) is 0 Å². The Labute approximate surface area is 172 Å². The first-order chi connectivity index (χ1) is 13.7. The first kappa shape index (κ1) is 22.5. The van der Waals surface area contributed by atoms with Crippen molar-refractivity contribution in [2.75, 3.05) is 0 Å². The van der Waals surface area contributed by atoms with E-state index < -0.39 is 17.8 Å². The molecule has 1 amide bonds. The number of benzene rings is 2. The summed E-state index contributed by atoms with van der Waals surface area (Å²) in [5.74, 6) is -1.89. The summed E-state index contributed by atoms with van der Waals surface area (Å²) < 4.78 is 0. The normalized spacial score (nSPS) is 13.3. The van der Waals surface area contributed by atoms with Crippen LogP contribution in [-0.2, 0) is 22.4 Å².